The van der Waals surface area contributed by atoms with Gasteiger partial charge in [0.05, 0.1) is 26.4 Å². The molecule has 1 unspecified atom stereocenters. The number of aliphatic hydroxyl groups excluding tert-OH is 1. The predicted molar refractivity (Wildman–Crippen MR) is 68.7 cm³/mol. The fourth-order valence-electron chi connectivity index (χ4n) is 1.36. The third kappa shape index (κ3) is 3.98. The van der Waals surface area contributed by atoms with Gasteiger partial charge in [0, 0.05) is 7.11 Å². The average Bonchev–Trinajstić information content (AvgIpc) is 2.87. The first kappa shape index (κ1) is 16.1. The van der Waals surface area contributed by atoms with Gasteiger partial charge in [-0.2, -0.15) is 0 Å². The van der Waals surface area contributed by atoms with Crippen LogP contribution in [0.25, 0.3) is 0 Å². The van der Waals surface area contributed by atoms with Crippen molar-refractivity contribution in [2.45, 2.75) is 10.9 Å². The van der Waals surface area contributed by atoms with Crippen LogP contribution in [0.5, 0.6) is 0 Å². The number of aliphatic hydroxyl groups is 1. The summed E-state index contributed by atoms with van der Waals surface area (Å²) in [5.74, 6) is -0.720. The summed E-state index contributed by atoms with van der Waals surface area (Å²) in [6, 6.07) is 0.529. The maximum Gasteiger partial charge on any atom is 0.349 e. The van der Waals surface area contributed by atoms with E-state index >= 15 is 0 Å². The summed E-state index contributed by atoms with van der Waals surface area (Å²) in [7, 11) is -1.35. The monoisotopic (exact) mass is 309 g/mol. The molecule has 108 valence electrons. The number of thiophene rings is 1. The van der Waals surface area contributed by atoms with Crippen LogP contribution in [-0.4, -0.2) is 53.0 Å². The lowest BCUT2D eigenvalue weighted by Gasteiger charge is -2.15. The van der Waals surface area contributed by atoms with Gasteiger partial charge in [-0.3, -0.25) is 0 Å². The Hall–Kier alpha value is -1.00. The van der Waals surface area contributed by atoms with Gasteiger partial charge >= 0.3 is 5.97 Å². The molecule has 0 aliphatic rings. The molecule has 1 aromatic heterocycles. The lowest BCUT2D eigenvalue weighted by molar-refractivity contribution is 0.0602. The summed E-state index contributed by atoms with van der Waals surface area (Å²) in [4.78, 5) is 11.3. The van der Waals surface area contributed by atoms with E-state index in [1.165, 1.54) is 25.7 Å². The summed E-state index contributed by atoms with van der Waals surface area (Å²) in [6.07, 6.45) is 0. The van der Waals surface area contributed by atoms with E-state index in [1.807, 2.05) is 0 Å². The van der Waals surface area contributed by atoms with E-state index in [0.717, 1.165) is 11.3 Å². The normalized spacial score (nSPS) is 13.2. The Morgan fingerprint density at radius 1 is 1.53 bits per heavy atom. The van der Waals surface area contributed by atoms with Crippen molar-refractivity contribution in [1.29, 1.82) is 0 Å². The van der Waals surface area contributed by atoms with Gasteiger partial charge in [0.25, 0.3) is 0 Å². The molecule has 1 heterocycles. The second-order valence-electron chi connectivity index (χ2n) is 3.56. The number of carbonyl (C=O) groups excluding carboxylic acids is 1. The zero-order chi connectivity index (χ0) is 14.5. The molecule has 19 heavy (non-hydrogen) atoms. The van der Waals surface area contributed by atoms with Gasteiger partial charge in [-0.05, 0) is 11.4 Å². The molecule has 0 amide bonds. The van der Waals surface area contributed by atoms with Crippen LogP contribution in [0.3, 0.4) is 0 Å². The molecule has 1 atom stereocenters. The summed E-state index contributed by atoms with van der Waals surface area (Å²) >= 11 is 0.970. The van der Waals surface area contributed by atoms with E-state index in [1.54, 1.807) is 0 Å². The second kappa shape index (κ2) is 6.96. The van der Waals surface area contributed by atoms with Crippen molar-refractivity contribution in [3.05, 3.63) is 16.3 Å². The van der Waals surface area contributed by atoms with Gasteiger partial charge in [-0.15, -0.1) is 11.3 Å². The topological polar surface area (TPSA) is 102 Å². The number of rotatable bonds is 7. The van der Waals surface area contributed by atoms with Crippen molar-refractivity contribution in [3.8, 4) is 0 Å². The highest BCUT2D eigenvalue weighted by atomic mass is 32.2. The Bertz CT molecular complexity index is 524. The van der Waals surface area contributed by atoms with Crippen LogP contribution in [0.2, 0.25) is 0 Å². The fraction of sp³-hybridized carbons (Fsp3) is 0.500. The summed E-state index contributed by atoms with van der Waals surface area (Å²) < 4.78 is 35.8. The molecule has 0 radical (unpaired) electrons. The fourth-order valence-corrected chi connectivity index (χ4v) is 3.91. The van der Waals surface area contributed by atoms with Gasteiger partial charge in [-0.1, -0.05) is 0 Å². The Morgan fingerprint density at radius 3 is 2.74 bits per heavy atom. The molecule has 1 aromatic rings. The van der Waals surface area contributed by atoms with E-state index in [-0.39, 0.29) is 16.4 Å². The third-order valence-electron chi connectivity index (χ3n) is 2.20. The van der Waals surface area contributed by atoms with E-state index in [2.05, 4.69) is 9.46 Å². The molecule has 9 heteroatoms. The van der Waals surface area contributed by atoms with Crippen LogP contribution < -0.4 is 4.72 Å². The number of esters is 1. The summed E-state index contributed by atoms with van der Waals surface area (Å²) in [6.45, 7) is -0.391. The largest absolute Gasteiger partial charge is 0.465 e. The molecule has 2 N–H and O–H groups in total. The Morgan fingerprint density at radius 2 is 2.21 bits per heavy atom. The molecule has 0 aliphatic heterocycles. The number of ether oxygens (including phenoxy) is 2. The van der Waals surface area contributed by atoms with Crippen LogP contribution in [0.15, 0.2) is 16.3 Å². The van der Waals surface area contributed by atoms with Crippen LogP contribution in [-0.2, 0) is 19.5 Å². The van der Waals surface area contributed by atoms with Crippen LogP contribution in [0, 0.1) is 0 Å². The number of sulfonamides is 1. The van der Waals surface area contributed by atoms with Crippen molar-refractivity contribution in [2.24, 2.45) is 0 Å². The molecule has 0 fully saturated rings. The van der Waals surface area contributed by atoms with Gasteiger partial charge in [0.2, 0.25) is 10.0 Å². The highest BCUT2D eigenvalue weighted by Gasteiger charge is 2.26. The SMILES string of the molecule is COCC(CO)NS(=O)(=O)c1ccsc1C(=O)OC. The Kier molecular flexibility index (Phi) is 5.88. The predicted octanol–water partition coefficient (Wildman–Crippen LogP) is -0.180. The molecular weight excluding hydrogens is 294 g/mol. The highest BCUT2D eigenvalue weighted by molar-refractivity contribution is 7.89. The van der Waals surface area contributed by atoms with Crippen molar-refractivity contribution >= 4 is 27.3 Å². The number of hydrogen-bond donors (Lipinski definition) is 2. The smallest absolute Gasteiger partial charge is 0.349 e. The number of hydrogen-bond acceptors (Lipinski definition) is 7. The molecule has 0 saturated heterocycles. The lowest BCUT2D eigenvalue weighted by atomic mass is 10.4. The maximum atomic E-state index is 12.1. The molecule has 0 aliphatic carbocycles. The van der Waals surface area contributed by atoms with Crippen molar-refractivity contribution < 1.29 is 27.8 Å². The van der Waals surface area contributed by atoms with E-state index in [0.29, 0.717) is 0 Å². The third-order valence-corrected chi connectivity index (χ3v) is 4.79. The molecule has 0 aromatic carbocycles. The van der Waals surface area contributed by atoms with E-state index in [4.69, 9.17) is 9.84 Å². The van der Waals surface area contributed by atoms with Crippen molar-refractivity contribution in [2.75, 3.05) is 27.4 Å². The first-order valence-corrected chi connectivity index (χ1v) is 7.60. The quantitative estimate of drug-likeness (QED) is 0.678. The minimum atomic E-state index is -3.92. The van der Waals surface area contributed by atoms with Gasteiger partial charge < -0.3 is 14.6 Å². The molecule has 1 rings (SSSR count). The molecule has 0 spiro atoms. The minimum absolute atomic E-state index is 0.0101. The molecular formula is C10H15NO6S2. The van der Waals surface area contributed by atoms with Crippen LogP contribution in [0.4, 0.5) is 0 Å². The van der Waals surface area contributed by atoms with Gasteiger partial charge in [-0.25, -0.2) is 17.9 Å². The van der Waals surface area contributed by atoms with Crippen molar-refractivity contribution in [1.82, 2.24) is 4.72 Å². The zero-order valence-electron chi connectivity index (χ0n) is 10.5. The Balaban J connectivity index is 3.00. The van der Waals surface area contributed by atoms with Gasteiger partial charge in [0.15, 0.2) is 0 Å². The minimum Gasteiger partial charge on any atom is -0.465 e. The molecule has 7 nitrogen and oxygen atoms in total. The van der Waals surface area contributed by atoms with E-state index < -0.39 is 28.6 Å². The number of carbonyl (C=O) groups is 1. The summed E-state index contributed by atoms with van der Waals surface area (Å²) in [5, 5.41) is 10.5. The standard InChI is InChI=1S/C10H15NO6S2/c1-16-6-7(5-12)11-19(14,15)8-3-4-18-9(8)10(13)17-2/h3-4,7,11-12H,5-6H2,1-2H3. The maximum absolute atomic E-state index is 12.1. The van der Waals surface area contributed by atoms with Crippen LogP contribution >= 0.6 is 11.3 Å². The van der Waals surface area contributed by atoms with Gasteiger partial charge in [0.1, 0.15) is 9.77 Å². The lowest BCUT2D eigenvalue weighted by Crippen LogP contribution is -2.40. The van der Waals surface area contributed by atoms with Crippen LogP contribution in [0.1, 0.15) is 9.67 Å². The first-order valence-electron chi connectivity index (χ1n) is 5.24. The molecule has 0 bridgehead atoms. The second-order valence-corrected chi connectivity index (χ2v) is 6.16. The molecule has 0 saturated carbocycles. The van der Waals surface area contributed by atoms with E-state index in [9.17, 15) is 13.2 Å². The summed E-state index contributed by atoms with van der Waals surface area (Å²) in [5.41, 5.74) is 0. The average molecular weight is 309 g/mol. The zero-order valence-corrected chi connectivity index (χ0v) is 12.1. The highest BCUT2D eigenvalue weighted by Crippen LogP contribution is 2.22. The van der Waals surface area contributed by atoms with Crippen molar-refractivity contribution in [3.63, 3.8) is 0 Å². The first-order chi connectivity index (χ1) is 8.96. The Labute approximate surface area is 115 Å². The number of nitrogens with one attached hydrogen (secondary N) is 1. The number of methoxy groups -OCH3 is 2.